The summed E-state index contributed by atoms with van der Waals surface area (Å²) in [5.41, 5.74) is 13.2. The van der Waals surface area contributed by atoms with Gasteiger partial charge in [0.1, 0.15) is 22.3 Å². The lowest BCUT2D eigenvalue weighted by atomic mass is 9.80. The smallest absolute Gasteiger partial charge is 0.143 e. The van der Waals surface area contributed by atoms with Gasteiger partial charge < -0.3 is 8.83 Å². The van der Waals surface area contributed by atoms with Crippen LogP contribution in [0.15, 0.2) is 130 Å². The lowest BCUT2D eigenvalue weighted by molar-refractivity contribution is 0.591. The number of furan rings is 2. The molecule has 226 valence electrons. The topological polar surface area (TPSA) is 26.3 Å². The molecule has 0 bridgehead atoms. The molecule has 0 aliphatic heterocycles. The molecule has 8 aromatic rings. The van der Waals surface area contributed by atoms with Crippen LogP contribution in [-0.4, -0.2) is 0 Å². The molecule has 2 heterocycles. The van der Waals surface area contributed by atoms with Crippen LogP contribution in [0.1, 0.15) is 52.7 Å². The molecule has 46 heavy (non-hydrogen) atoms. The minimum atomic E-state index is -0.106. The van der Waals surface area contributed by atoms with Crippen molar-refractivity contribution in [1.29, 1.82) is 0 Å². The molecule has 0 amide bonds. The molecule has 0 aliphatic carbocycles. The molecule has 2 aromatic heterocycles. The van der Waals surface area contributed by atoms with E-state index in [1.165, 1.54) is 33.2 Å². The third-order valence-corrected chi connectivity index (χ3v) is 9.38. The summed E-state index contributed by atoms with van der Waals surface area (Å²) in [6.45, 7) is 13.7. The maximum absolute atomic E-state index is 6.74. The minimum Gasteiger partial charge on any atom is -0.455 e. The summed E-state index contributed by atoms with van der Waals surface area (Å²) in [4.78, 5) is 0. The van der Waals surface area contributed by atoms with Crippen molar-refractivity contribution in [2.75, 3.05) is 0 Å². The fraction of sp³-hybridized carbons (Fsp3) is 0.182. The molecule has 0 spiro atoms. The van der Waals surface area contributed by atoms with Crippen LogP contribution in [0, 0.1) is 0 Å². The summed E-state index contributed by atoms with van der Waals surface area (Å²) < 4.78 is 13.2. The number of benzene rings is 6. The zero-order valence-electron chi connectivity index (χ0n) is 27.4. The highest BCUT2D eigenvalue weighted by atomic mass is 16.3. The lowest BCUT2D eigenvalue weighted by Crippen LogP contribution is -2.13. The van der Waals surface area contributed by atoms with Gasteiger partial charge >= 0.3 is 0 Å². The molecule has 2 heteroatoms. The van der Waals surface area contributed by atoms with Gasteiger partial charge in [0.2, 0.25) is 0 Å². The molecule has 0 unspecified atom stereocenters. The van der Waals surface area contributed by atoms with Gasteiger partial charge in [0.15, 0.2) is 0 Å². The first-order valence-corrected chi connectivity index (χ1v) is 16.2. The summed E-state index contributed by atoms with van der Waals surface area (Å²) in [6.07, 6.45) is 0. The standard InChI is InChI=1S/C44H38O2/c1-43(2,3)36-21-9-7-14-29(36)32-17-13-23-39-40(32)35-20-11-16-28(41(35)46-39)27-24-25-30(37(26-27)44(4,5)6)33-18-12-19-34-31-15-8-10-22-38(31)45-42(33)34/h7-26H,1-6H3. The van der Waals surface area contributed by atoms with E-state index in [0.29, 0.717) is 0 Å². The van der Waals surface area contributed by atoms with Gasteiger partial charge in [-0.05, 0) is 62.4 Å². The van der Waals surface area contributed by atoms with Crippen molar-refractivity contribution in [3.05, 3.63) is 132 Å². The van der Waals surface area contributed by atoms with Crippen molar-refractivity contribution >= 4 is 43.9 Å². The second kappa shape index (κ2) is 10.2. The second-order valence-corrected chi connectivity index (χ2v) is 14.5. The van der Waals surface area contributed by atoms with Gasteiger partial charge in [0.25, 0.3) is 0 Å². The Hall–Kier alpha value is -5.08. The van der Waals surface area contributed by atoms with Crippen molar-refractivity contribution < 1.29 is 8.83 Å². The summed E-state index contributed by atoms with van der Waals surface area (Å²) >= 11 is 0. The zero-order chi connectivity index (χ0) is 31.8. The molecule has 8 rings (SSSR count). The number of hydrogen-bond donors (Lipinski definition) is 0. The van der Waals surface area contributed by atoms with E-state index in [2.05, 4.69) is 151 Å². The third-order valence-electron chi connectivity index (χ3n) is 9.38. The Bertz CT molecular complexity index is 2440. The van der Waals surface area contributed by atoms with E-state index >= 15 is 0 Å². The van der Waals surface area contributed by atoms with Crippen LogP contribution in [-0.2, 0) is 10.8 Å². The quantitative estimate of drug-likeness (QED) is 0.202. The second-order valence-electron chi connectivity index (χ2n) is 14.5. The third kappa shape index (κ3) is 4.47. The number of fused-ring (bicyclic) bond motifs is 6. The summed E-state index contributed by atoms with van der Waals surface area (Å²) in [5, 5.41) is 4.60. The van der Waals surface area contributed by atoms with Crippen LogP contribution in [0.3, 0.4) is 0 Å². The van der Waals surface area contributed by atoms with Crippen molar-refractivity contribution in [2.45, 2.75) is 52.4 Å². The Balaban J connectivity index is 1.34. The van der Waals surface area contributed by atoms with Gasteiger partial charge in [-0.2, -0.15) is 0 Å². The van der Waals surface area contributed by atoms with Crippen molar-refractivity contribution in [3.8, 4) is 33.4 Å². The molecule has 0 radical (unpaired) electrons. The highest BCUT2D eigenvalue weighted by Crippen LogP contribution is 2.45. The van der Waals surface area contributed by atoms with Gasteiger partial charge in [0, 0.05) is 32.7 Å². The van der Waals surface area contributed by atoms with Crippen molar-refractivity contribution in [2.24, 2.45) is 0 Å². The van der Waals surface area contributed by atoms with Gasteiger partial charge in [-0.25, -0.2) is 0 Å². The van der Waals surface area contributed by atoms with E-state index < -0.39 is 0 Å². The van der Waals surface area contributed by atoms with Crippen LogP contribution in [0.2, 0.25) is 0 Å². The summed E-state index contributed by atoms with van der Waals surface area (Å²) in [6, 6.07) is 43.4. The molecule has 0 N–H and O–H groups in total. The Morgan fingerprint density at radius 1 is 0.391 bits per heavy atom. The molecule has 0 fully saturated rings. The predicted octanol–water partition coefficient (Wildman–Crippen LogP) is 13.1. The van der Waals surface area contributed by atoms with Gasteiger partial charge in [-0.15, -0.1) is 0 Å². The van der Waals surface area contributed by atoms with Gasteiger partial charge in [0.05, 0.1) is 0 Å². The van der Waals surface area contributed by atoms with Crippen LogP contribution < -0.4 is 0 Å². The normalized spacial score (nSPS) is 12.6. The molecule has 6 aromatic carbocycles. The van der Waals surface area contributed by atoms with Crippen LogP contribution >= 0.6 is 0 Å². The van der Waals surface area contributed by atoms with Crippen LogP contribution in [0.4, 0.5) is 0 Å². The average Bonchev–Trinajstić information content (AvgIpc) is 3.62. The molecule has 0 saturated carbocycles. The largest absolute Gasteiger partial charge is 0.455 e. The molecule has 0 saturated heterocycles. The lowest BCUT2D eigenvalue weighted by Gasteiger charge is -2.24. The van der Waals surface area contributed by atoms with Crippen molar-refractivity contribution in [1.82, 2.24) is 0 Å². The van der Waals surface area contributed by atoms with Crippen LogP contribution in [0.5, 0.6) is 0 Å². The van der Waals surface area contributed by atoms with Gasteiger partial charge in [-0.3, -0.25) is 0 Å². The monoisotopic (exact) mass is 598 g/mol. The van der Waals surface area contributed by atoms with Crippen molar-refractivity contribution in [3.63, 3.8) is 0 Å². The maximum atomic E-state index is 6.74. The Morgan fingerprint density at radius 2 is 0.935 bits per heavy atom. The Kier molecular flexibility index (Phi) is 6.31. The van der Waals surface area contributed by atoms with E-state index in [4.69, 9.17) is 8.83 Å². The molecule has 0 aliphatic rings. The molecule has 0 atom stereocenters. The average molecular weight is 599 g/mol. The van der Waals surface area contributed by atoms with E-state index in [-0.39, 0.29) is 10.8 Å². The SMILES string of the molecule is CC(C)(C)c1cc(-c2cccc3c2oc2cccc(-c4ccccc4C(C)(C)C)c23)ccc1-c1cccc2c1oc1ccccc12. The highest BCUT2D eigenvalue weighted by molar-refractivity contribution is 6.16. The highest BCUT2D eigenvalue weighted by Gasteiger charge is 2.25. The number of hydrogen-bond acceptors (Lipinski definition) is 2. The van der Waals surface area contributed by atoms with Crippen LogP contribution in [0.25, 0.3) is 77.3 Å². The van der Waals surface area contributed by atoms with E-state index in [1.807, 2.05) is 12.1 Å². The maximum Gasteiger partial charge on any atom is 0.143 e. The van der Waals surface area contributed by atoms with E-state index in [0.717, 1.165) is 55.2 Å². The minimum absolute atomic E-state index is 0.0151. The fourth-order valence-electron chi connectivity index (χ4n) is 7.20. The molecular weight excluding hydrogens is 560 g/mol. The first-order valence-electron chi connectivity index (χ1n) is 16.2. The fourth-order valence-corrected chi connectivity index (χ4v) is 7.20. The molecule has 2 nitrogen and oxygen atoms in total. The number of para-hydroxylation sites is 3. The summed E-state index contributed by atoms with van der Waals surface area (Å²) in [7, 11) is 0. The Labute approximate surface area is 270 Å². The number of rotatable bonds is 3. The zero-order valence-corrected chi connectivity index (χ0v) is 27.4. The predicted molar refractivity (Wildman–Crippen MR) is 195 cm³/mol. The van der Waals surface area contributed by atoms with E-state index in [1.54, 1.807) is 0 Å². The Morgan fingerprint density at radius 3 is 1.74 bits per heavy atom. The molecular formula is C44H38O2. The van der Waals surface area contributed by atoms with Gasteiger partial charge in [-0.1, -0.05) is 145 Å². The first kappa shape index (κ1) is 28.4. The summed E-state index contributed by atoms with van der Waals surface area (Å²) in [5.74, 6) is 0. The first-order chi connectivity index (χ1) is 22.1. The van der Waals surface area contributed by atoms with E-state index in [9.17, 15) is 0 Å².